The Balaban J connectivity index is 1.76. The first-order chi connectivity index (χ1) is 13.8. The van der Waals surface area contributed by atoms with Gasteiger partial charge in [0.25, 0.3) is 0 Å². The van der Waals surface area contributed by atoms with Gasteiger partial charge in [0.2, 0.25) is 0 Å². The maximum atomic E-state index is 5.75. The summed E-state index contributed by atoms with van der Waals surface area (Å²) in [4.78, 5) is 12.1. The topological polar surface area (TPSA) is 88.8 Å². The average molecular weight is 373 g/mol. The van der Waals surface area contributed by atoms with E-state index in [0.717, 1.165) is 45.7 Å². The van der Waals surface area contributed by atoms with Crippen LogP contribution in [-0.4, -0.2) is 28.6 Å². The number of aromatic amines is 1. The Morgan fingerprint density at radius 1 is 1.11 bits per heavy atom. The van der Waals surface area contributed by atoms with E-state index < -0.39 is 0 Å². The van der Waals surface area contributed by atoms with Crippen LogP contribution in [0.1, 0.15) is 11.1 Å². The Labute approximate surface area is 163 Å². The molecule has 0 spiro atoms. The van der Waals surface area contributed by atoms with Crippen LogP contribution in [0.4, 0.5) is 5.82 Å². The van der Waals surface area contributed by atoms with Crippen LogP contribution in [0.5, 0.6) is 5.75 Å². The summed E-state index contributed by atoms with van der Waals surface area (Å²) in [6, 6.07) is 14.3. The monoisotopic (exact) mass is 373 g/mol. The second-order valence-corrected chi connectivity index (χ2v) is 6.58. The van der Waals surface area contributed by atoms with Crippen molar-refractivity contribution in [2.24, 2.45) is 5.73 Å². The lowest BCUT2D eigenvalue weighted by Gasteiger charge is -2.14. The largest absolute Gasteiger partial charge is 0.496 e. The molecule has 0 aliphatic heterocycles. The molecule has 28 heavy (non-hydrogen) atoms. The van der Waals surface area contributed by atoms with Crippen molar-refractivity contribution >= 4 is 16.9 Å². The van der Waals surface area contributed by atoms with Crippen molar-refractivity contribution in [3.63, 3.8) is 0 Å². The molecule has 0 unspecified atom stereocenters. The molecule has 0 bridgehead atoms. The first kappa shape index (κ1) is 18.0. The molecule has 0 radical (unpaired) electrons. The Morgan fingerprint density at radius 3 is 2.82 bits per heavy atom. The van der Waals surface area contributed by atoms with Gasteiger partial charge in [-0.1, -0.05) is 12.1 Å². The standard InChI is InChI=1S/C22H23N5O/c1-28-20-5-4-15(6-8-23)11-19(20)18-12-21(27-22-17(18)7-10-25-22)26-14-16-3-2-9-24-13-16/h2-5,7,9-13H,6,8,14,23H2,1H3,(H2,25,26,27). The molecule has 0 aliphatic rings. The second kappa shape index (κ2) is 8.10. The molecule has 6 nitrogen and oxygen atoms in total. The molecule has 3 aromatic heterocycles. The van der Waals surface area contributed by atoms with E-state index in [1.54, 1.807) is 13.3 Å². The van der Waals surface area contributed by atoms with Crippen LogP contribution in [-0.2, 0) is 13.0 Å². The molecule has 0 fully saturated rings. The molecule has 0 aliphatic carbocycles. The Bertz CT molecular complexity index is 1070. The second-order valence-electron chi connectivity index (χ2n) is 6.58. The van der Waals surface area contributed by atoms with Gasteiger partial charge in [0.1, 0.15) is 17.2 Å². The van der Waals surface area contributed by atoms with Gasteiger partial charge in [0.05, 0.1) is 7.11 Å². The highest BCUT2D eigenvalue weighted by Gasteiger charge is 2.14. The smallest absolute Gasteiger partial charge is 0.140 e. The van der Waals surface area contributed by atoms with E-state index in [4.69, 9.17) is 15.5 Å². The van der Waals surface area contributed by atoms with Gasteiger partial charge in [0.15, 0.2) is 0 Å². The summed E-state index contributed by atoms with van der Waals surface area (Å²) < 4.78 is 5.64. The van der Waals surface area contributed by atoms with E-state index >= 15 is 0 Å². The lowest BCUT2D eigenvalue weighted by molar-refractivity contribution is 0.416. The number of nitrogens with two attached hydrogens (primary N) is 1. The van der Waals surface area contributed by atoms with Crippen molar-refractivity contribution in [2.75, 3.05) is 19.0 Å². The van der Waals surface area contributed by atoms with Crippen LogP contribution < -0.4 is 15.8 Å². The van der Waals surface area contributed by atoms with E-state index in [9.17, 15) is 0 Å². The molecule has 4 N–H and O–H groups in total. The van der Waals surface area contributed by atoms with Gasteiger partial charge in [0, 0.05) is 41.6 Å². The fourth-order valence-electron chi connectivity index (χ4n) is 3.33. The normalized spacial score (nSPS) is 10.9. The number of fused-ring (bicyclic) bond motifs is 1. The number of hydrogen-bond donors (Lipinski definition) is 3. The molecule has 4 rings (SSSR count). The van der Waals surface area contributed by atoms with Crippen LogP contribution in [0.3, 0.4) is 0 Å². The predicted octanol–water partition coefficient (Wildman–Crippen LogP) is 3.75. The van der Waals surface area contributed by atoms with Crippen LogP contribution in [0.15, 0.2) is 61.1 Å². The maximum Gasteiger partial charge on any atom is 0.140 e. The first-order valence-electron chi connectivity index (χ1n) is 9.26. The number of anilines is 1. The van der Waals surface area contributed by atoms with E-state index in [2.05, 4.69) is 33.5 Å². The van der Waals surface area contributed by atoms with E-state index in [1.165, 1.54) is 5.56 Å². The van der Waals surface area contributed by atoms with Crippen molar-refractivity contribution < 1.29 is 4.74 Å². The zero-order chi connectivity index (χ0) is 19.3. The lowest BCUT2D eigenvalue weighted by Crippen LogP contribution is -2.04. The number of nitrogens with one attached hydrogen (secondary N) is 2. The number of rotatable bonds is 7. The van der Waals surface area contributed by atoms with Crippen molar-refractivity contribution in [1.29, 1.82) is 0 Å². The van der Waals surface area contributed by atoms with Gasteiger partial charge in [-0.2, -0.15) is 0 Å². The number of hydrogen-bond acceptors (Lipinski definition) is 5. The number of aromatic nitrogens is 3. The van der Waals surface area contributed by atoms with Crippen molar-refractivity contribution in [1.82, 2.24) is 15.0 Å². The third-order valence-electron chi connectivity index (χ3n) is 4.71. The van der Waals surface area contributed by atoms with Gasteiger partial charge in [-0.05, 0) is 54.4 Å². The molecule has 0 amide bonds. The first-order valence-corrected chi connectivity index (χ1v) is 9.26. The summed E-state index contributed by atoms with van der Waals surface area (Å²) in [7, 11) is 1.69. The van der Waals surface area contributed by atoms with Crippen LogP contribution in [0, 0.1) is 0 Å². The van der Waals surface area contributed by atoms with Crippen molar-refractivity contribution in [2.45, 2.75) is 13.0 Å². The molecule has 0 saturated carbocycles. The third-order valence-corrected chi connectivity index (χ3v) is 4.71. The van der Waals surface area contributed by atoms with Crippen molar-refractivity contribution in [3.05, 3.63) is 72.2 Å². The summed E-state index contributed by atoms with van der Waals surface area (Å²) >= 11 is 0. The fraction of sp³-hybridized carbons (Fsp3) is 0.182. The zero-order valence-electron chi connectivity index (χ0n) is 15.8. The van der Waals surface area contributed by atoms with Crippen molar-refractivity contribution in [3.8, 4) is 16.9 Å². The number of ether oxygens (including phenoxy) is 1. The lowest BCUT2D eigenvalue weighted by atomic mass is 9.99. The van der Waals surface area contributed by atoms with E-state index in [0.29, 0.717) is 13.1 Å². The number of methoxy groups -OCH3 is 1. The molecule has 0 atom stereocenters. The molecular formula is C22H23N5O. The summed E-state index contributed by atoms with van der Waals surface area (Å²) in [5.74, 6) is 1.62. The Morgan fingerprint density at radius 2 is 2.04 bits per heavy atom. The average Bonchev–Trinajstić information content (AvgIpc) is 3.21. The van der Waals surface area contributed by atoms with E-state index in [-0.39, 0.29) is 0 Å². The summed E-state index contributed by atoms with van der Waals surface area (Å²) in [6.07, 6.45) is 6.35. The predicted molar refractivity (Wildman–Crippen MR) is 112 cm³/mol. The van der Waals surface area contributed by atoms with Gasteiger partial charge >= 0.3 is 0 Å². The van der Waals surface area contributed by atoms with Gasteiger partial charge in [-0.25, -0.2) is 4.98 Å². The number of benzene rings is 1. The number of H-pyrrole nitrogens is 1. The Hall–Kier alpha value is -3.38. The SMILES string of the molecule is COc1ccc(CCN)cc1-c1cc(NCc2cccnc2)nc2[nH]ccc12. The molecule has 1 aromatic carbocycles. The Kier molecular flexibility index (Phi) is 5.21. The van der Waals surface area contributed by atoms with Crippen LogP contribution >= 0.6 is 0 Å². The summed E-state index contributed by atoms with van der Waals surface area (Å²) in [5, 5.41) is 4.45. The third kappa shape index (κ3) is 3.68. The number of pyridine rings is 2. The van der Waals surface area contributed by atoms with Crippen LogP contribution in [0.25, 0.3) is 22.2 Å². The molecule has 0 saturated heterocycles. The maximum absolute atomic E-state index is 5.75. The van der Waals surface area contributed by atoms with E-state index in [1.807, 2.05) is 36.7 Å². The fourth-order valence-corrected chi connectivity index (χ4v) is 3.33. The molecule has 3 heterocycles. The van der Waals surface area contributed by atoms with Gasteiger partial charge < -0.3 is 20.8 Å². The molecule has 142 valence electrons. The highest BCUT2D eigenvalue weighted by atomic mass is 16.5. The highest BCUT2D eigenvalue weighted by Crippen LogP contribution is 2.36. The van der Waals surface area contributed by atoms with Crippen LogP contribution in [0.2, 0.25) is 0 Å². The highest BCUT2D eigenvalue weighted by molar-refractivity contribution is 5.96. The van der Waals surface area contributed by atoms with Gasteiger partial charge in [-0.15, -0.1) is 0 Å². The molecule has 4 aromatic rings. The zero-order valence-corrected chi connectivity index (χ0v) is 15.8. The quantitative estimate of drug-likeness (QED) is 0.459. The number of nitrogens with zero attached hydrogens (tertiary/aromatic N) is 2. The molecule has 6 heteroatoms. The van der Waals surface area contributed by atoms with Gasteiger partial charge in [-0.3, -0.25) is 4.98 Å². The minimum absolute atomic E-state index is 0.611. The summed E-state index contributed by atoms with van der Waals surface area (Å²) in [6.45, 7) is 1.26. The minimum atomic E-state index is 0.611. The summed E-state index contributed by atoms with van der Waals surface area (Å²) in [5.41, 5.74) is 11.0. The minimum Gasteiger partial charge on any atom is -0.496 e. The molecular weight excluding hydrogens is 350 g/mol.